The number of ether oxygens (including phenoxy) is 3. The fraction of sp³-hybridized carbons (Fsp3) is 0.222. The van der Waals surface area contributed by atoms with Gasteiger partial charge in [-0.05, 0) is 42.8 Å². The molecule has 0 fully saturated rings. The lowest BCUT2D eigenvalue weighted by Gasteiger charge is -2.11. The largest absolute Gasteiger partial charge is 0.493 e. The predicted molar refractivity (Wildman–Crippen MR) is 133 cm³/mol. The zero-order valence-electron chi connectivity index (χ0n) is 20.0. The first-order valence-electron chi connectivity index (χ1n) is 11.4. The van der Waals surface area contributed by atoms with Gasteiger partial charge in [0, 0.05) is 30.1 Å². The fourth-order valence-corrected chi connectivity index (χ4v) is 3.61. The highest BCUT2D eigenvalue weighted by atomic mass is 16.5. The summed E-state index contributed by atoms with van der Waals surface area (Å²) in [6.45, 7) is 2.86. The van der Waals surface area contributed by atoms with Crippen LogP contribution in [-0.4, -0.2) is 41.5 Å². The van der Waals surface area contributed by atoms with Gasteiger partial charge in [0.05, 0.1) is 32.1 Å². The number of nitrogens with zero attached hydrogens (tertiary/aromatic N) is 3. The van der Waals surface area contributed by atoms with Crippen molar-refractivity contribution < 1.29 is 19.0 Å². The lowest BCUT2D eigenvalue weighted by atomic mass is 10.1. The minimum absolute atomic E-state index is 0.262. The van der Waals surface area contributed by atoms with Crippen molar-refractivity contribution in [2.75, 3.05) is 20.8 Å². The molecule has 2 heterocycles. The Hall–Kier alpha value is -4.33. The van der Waals surface area contributed by atoms with E-state index in [0.717, 1.165) is 23.2 Å². The molecule has 1 N–H and O–H groups in total. The number of aromatic nitrogens is 3. The maximum atomic E-state index is 13.4. The van der Waals surface area contributed by atoms with Crippen LogP contribution in [0.1, 0.15) is 29.3 Å². The summed E-state index contributed by atoms with van der Waals surface area (Å²) in [7, 11) is 3.15. The van der Waals surface area contributed by atoms with Gasteiger partial charge >= 0.3 is 0 Å². The summed E-state index contributed by atoms with van der Waals surface area (Å²) in [6.07, 6.45) is 4.28. The van der Waals surface area contributed by atoms with Gasteiger partial charge in [-0.3, -0.25) is 4.79 Å². The average molecular weight is 473 g/mol. The summed E-state index contributed by atoms with van der Waals surface area (Å²) in [6, 6.07) is 18.8. The highest BCUT2D eigenvalue weighted by Crippen LogP contribution is 2.33. The molecule has 4 rings (SSSR count). The molecule has 0 spiro atoms. The lowest BCUT2D eigenvalue weighted by molar-refractivity contribution is 0.0951. The van der Waals surface area contributed by atoms with E-state index in [1.165, 1.54) is 0 Å². The monoisotopic (exact) mass is 472 g/mol. The third-order valence-electron chi connectivity index (χ3n) is 5.37. The number of nitrogens with one attached hydrogen (secondary N) is 1. The molecule has 0 saturated heterocycles. The second-order valence-corrected chi connectivity index (χ2v) is 7.74. The summed E-state index contributed by atoms with van der Waals surface area (Å²) < 4.78 is 18.2. The Bertz CT molecular complexity index is 1290. The first kappa shape index (κ1) is 23.8. The third-order valence-corrected chi connectivity index (χ3v) is 5.37. The van der Waals surface area contributed by atoms with Gasteiger partial charge in [-0.25, -0.2) is 9.67 Å². The van der Waals surface area contributed by atoms with Gasteiger partial charge in [0.25, 0.3) is 5.91 Å². The molecule has 180 valence electrons. The lowest BCUT2D eigenvalue weighted by Crippen LogP contribution is -2.23. The fourth-order valence-electron chi connectivity index (χ4n) is 3.61. The van der Waals surface area contributed by atoms with Gasteiger partial charge in [-0.1, -0.05) is 31.2 Å². The molecule has 0 atom stereocenters. The minimum atomic E-state index is -0.262. The molecule has 0 saturated carbocycles. The molecule has 2 aromatic heterocycles. The van der Waals surface area contributed by atoms with Crippen LogP contribution in [0.5, 0.6) is 17.4 Å². The SMILES string of the molecule is CCCOc1ncccc1CNC(=O)c1cn(-c2ccccc2)nc1-c1ccc(OC)c(OC)c1. The molecule has 0 unspecified atom stereocenters. The molecular formula is C27H28N4O4. The van der Waals surface area contributed by atoms with Gasteiger partial charge in [0.2, 0.25) is 5.88 Å². The van der Waals surface area contributed by atoms with Crippen molar-refractivity contribution >= 4 is 5.91 Å². The number of amides is 1. The van der Waals surface area contributed by atoms with Gasteiger partial charge in [0.1, 0.15) is 5.69 Å². The van der Waals surface area contributed by atoms with Crippen LogP contribution in [0.25, 0.3) is 16.9 Å². The number of rotatable bonds is 10. The van der Waals surface area contributed by atoms with Crippen molar-refractivity contribution in [2.24, 2.45) is 0 Å². The predicted octanol–water partition coefficient (Wildman–Crippen LogP) is 4.67. The van der Waals surface area contributed by atoms with Crippen molar-refractivity contribution in [3.63, 3.8) is 0 Å². The van der Waals surface area contributed by atoms with Crippen LogP contribution in [-0.2, 0) is 6.54 Å². The average Bonchev–Trinajstić information content (AvgIpc) is 3.37. The standard InChI is InChI=1S/C27H28N4O4/c1-4-15-35-27-20(9-8-14-28-27)17-29-26(32)22-18-31(21-10-6-5-7-11-21)30-25(22)19-12-13-23(33-2)24(16-19)34-3/h5-14,16,18H,4,15,17H2,1-3H3,(H,29,32). The molecular weight excluding hydrogens is 444 g/mol. The van der Waals surface area contributed by atoms with Crippen LogP contribution in [0.2, 0.25) is 0 Å². The number of carbonyl (C=O) groups excluding carboxylic acids is 1. The highest BCUT2D eigenvalue weighted by Gasteiger charge is 2.20. The normalized spacial score (nSPS) is 10.6. The Morgan fingerprint density at radius 3 is 2.54 bits per heavy atom. The molecule has 35 heavy (non-hydrogen) atoms. The summed E-state index contributed by atoms with van der Waals surface area (Å²) in [5, 5.41) is 7.73. The number of pyridine rings is 1. The van der Waals surface area contributed by atoms with Crippen molar-refractivity contribution in [1.82, 2.24) is 20.1 Å². The summed E-state index contributed by atoms with van der Waals surface area (Å²) in [4.78, 5) is 17.7. The molecule has 4 aromatic rings. The Kier molecular flexibility index (Phi) is 7.62. The molecule has 1 amide bonds. The maximum absolute atomic E-state index is 13.4. The first-order chi connectivity index (χ1) is 17.1. The molecule has 8 heteroatoms. The van der Waals surface area contributed by atoms with Crippen LogP contribution in [0.4, 0.5) is 0 Å². The number of hydrogen-bond donors (Lipinski definition) is 1. The van der Waals surface area contributed by atoms with Crippen LogP contribution in [0, 0.1) is 0 Å². The highest BCUT2D eigenvalue weighted by molar-refractivity contribution is 6.00. The Morgan fingerprint density at radius 2 is 1.80 bits per heavy atom. The van der Waals surface area contributed by atoms with E-state index in [0.29, 0.717) is 35.2 Å². The number of hydrogen-bond acceptors (Lipinski definition) is 6. The van der Waals surface area contributed by atoms with Gasteiger partial charge < -0.3 is 19.5 Å². The Morgan fingerprint density at radius 1 is 1.00 bits per heavy atom. The van der Waals surface area contributed by atoms with E-state index < -0.39 is 0 Å². The summed E-state index contributed by atoms with van der Waals surface area (Å²) in [5.74, 6) is 1.41. The quantitative estimate of drug-likeness (QED) is 0.361. The smallest absolute Gasteiger partial charge is 0.255 e. The van der Waals surface area contributed by atoms with Crippen LogP contribution >= 0.6 is 0 Å². The van der Waals surface area contributed by atoms with Crippen LogP contribution in [0.15, 0.2) is 73.1 Å². The number of carbonyl (C=O) groups is 1. The van der Waals surface area contributed by atoms with E-state index in [2.05, 4.69) is 10.3 Å². The number of methoxy groups -OCH3 is 2. The summed E-state index contributed by atoms with van der Waals surface area (Å²) in [5.41, 5.74) is 3.34. The third kappa shape index (κ3) is 5.43. The van der Waals surface area contributed by atoms with Crippen LogP contribution in [0.3, 0.4) is 0 Å². The van der Waals surface area contributed by atoms with E-state index in [1.54, 1.807) is 37.4 Å². The van der Waals surface area contributed by atoms with E-state index in [4.69, 9.17) is 19.3 Å². The molecule has 0 bridgehead atoms. The zero-order chi connectivity index (χ0) is 24.6. The second kappa shape index (κ2) is 11.2. The summed E-state index contributed by atoms with van der Waals surface area (Å²) >= 11 is 0. The number of benzene rings is 2. The number of para-hydroxylation sites is 1. The van der Waals surface area contributed by atoms with Crippen LogP contribution < -0.4 is 19.5 Å². The maximum Gasteiger partial charge on any atom is 0.255 e. The van der Waals surface area contributed by atoms with Crippen molar-refractivity contribution in [3.05, 3.63) is 84.2 Å². The van der Waals surface area contributed by atoms with Gasteiger partial charge in [0.15, 0.2) is 11.5 Å². The van der Waals surface area contributed by atoms with Gasteiger partial charge in [-0.2, -0.15) is 5.10 Å². The van der Waals surface area contributed by atoms with E-state index in [-0.39, 0.29) is 12.5 Å². The molecule has 8 nitrogen and oxygen atoms in total. The first-order valence-corrected chi connectivity index (χ1v) is 11.4. The Balaban J connectivity index is 1.67. The minimum Gasteiger partial charge on any atom is -0.493 e. The molecule has 0 aliphatic heterocycles. The van der Waals surface area contributed by atoms with Crippen molar-refractivity contribution in [2.45, 2.75) is 19.9 Å². The van der Waals surface area contributed by atoms with Crippen molar-refractivity contribution in [1.29, 1.82) is 0 Å². The topological polar surface area (TPSA) is 87.5 Å². The molecule has 0 radical (unpaired) electrons. The molecule has 2 aromatic carbocycles. The van der Waals surface area contributed by atoms with E-state index >= 15 is 0 Å². The molecule has 0 aliphatic carbocycles. The van der Waals surface area contributed by atoms with E-state index in [9.17, 15) is 4.79 Å². The Labute approximate surface area is 204 Å². The van der Waals surface area contributed by atoms with Gasteiger partial charge in [-0.15, -0.1) is 0 Å². The van der Waals surface area contributed by atoms with E-state index in [1.807, 2.05) is 61.5 Å². The second-order valence-electron chi connectivity index (χ2n) is 7.74. The molecule has 0 aliphatic rings. The zero-order valence-corrected chi connectivity index (χ0v) is 20.0. The van der Waals surface area contributed by atoms with Crippen molar-refractivity contribution in [3.8, 4) is 34.3 Å².